The zero-order chi connectivity index (χ0) is 16.7. The van der Waals surface area contributed by atoms with E-state index < -0.39 is 0 Å². The van der Waals surface area contributed by atoms with Gasteiger partial charge in [-0.05, 0) is 31.2 Å². The minimum Gasteiger partial charge on any atom is -0.334 e. The Labute approximate surface area is 142 Å². The van der Waals surface area contributed by atoms with Crippen molar-refractivity contribution in [1.29, 1.82) is 0 Å². The predicted octanol–water partition coefficient (Wildman–Crippen LogP) is 3.75. The number of benzene rings is 2. The molecule has 0 saturated heterocycles. The summed E-state index contributed by atoms with van der Waals surface area (Å²) in [5, 5.41) is 8.91. The lowest BCUT2D eigenvalue weighted by molar-refractivity contribution is 0.0781. The second kappa shape index (κ2) is 5.72. The van der Waals surface area contributed by atoms with Crippen LogP contribution in [0.2, 0.25) is 0 Å². The van der Waals surface area contributed by atoms with Gasteiger partial charge in [-0.2, -0.15) is 5.10 Å². The van der Waals surface area contributed by atoms with E-state index in [9.17, 15) is 4.79 Å². The van der Waals surface area contributed by atoms with Crippen molar-refractivity contribution < 1.29 is 4.79 Å². The molecule has 0 saturated carbocycles. The molecule has 1 amide bonds. The fraction of sp³-hybridized carbons (Fsp3) is 0.167. The first-order chi connectivity index (χ1) is 11.6. The van der Waals surface area contributed by atoms with Crippen LogP contribution in [-0.2, 0) is 6.54 Å². The van der Waals surface area contributed by atoms with Crippen molar-refractivity contribution in [3.05, 3.63) is 58.7 Å². The highest BCUT2D eigenvalue weighted by molar-refractivity contribution is 7.18. The third-order valence-corrected chi connectivity index (χ3v) is 5.00. The molecule has 0 radical (unpaired) electrons. The second-order valence-electron chi connectivity index (χ2n) is 5.86. The van der Waals surface area contributed by atoms with Crippen LogP contribution in [0.25, 0.3) is 21.1 Å². The normalized spacial score (nSPS) is 11.2. The number of carbonyl (C=O) groups is 1. The number of amides is 1. The van der Waals surface area contributed by atoms with Crippen LogP contribution in [-0.4, -0.2) is 33.0 Å². The zero-order valence-corrected chi connectivity index (χ0v) is 14.2. The van der Waals surface area contributed by atoms with Crippen molar-refractivity contribution in [3.63, 3.8) is 0 Å². The molecule has 2 aromatic carbocycles. The smallest absolute Gasteiger partial charge is 0.275 e. The van der Waals surface area contributed by atoms with Gasteiger partial charge in [-0.1, -0.05) is 23.8 Å². The highest BCUT2D eigenvalue weighted by atomic mass is 32.1. The molecule has 5 nitrogen and oxygen atoms in total. The van der Waals surface area contributed by atoms with Gasteiger partial charge in [0.25, 0.3) is 5.91 Å². The number of aryl methyl sites for hydroxylation is 1. The molecule has 24 heavy (non-hydrogen) atoms. The van der Waals surface area contributed by atoms with Crippen molar-refractivity contribution in [3.8, 4) is 0 Å². The van der Waals surface area contributed by atoms with Crippen molar-refractivity contribution in [1.82, 2.24) is 20.1 Å². The van der Waals surface area contributed by atoms with Gasteiger partial charge in [-0.3, -0.25) is 9.89 Å². The van der Waals surface area contributed by atoms with Crippen LogP contribution in [0.4, 0.5) is 0 Å². The summed E-state index contributed by atoms with van der Waals surface area (Å²) in [5.74, 6) is -0.105. The quantitative estimate of drug-likeness (QED) is 0.620. The molecule has 0 aliphatic heterocycles. The lowest BCUT2D eigenvalue weighted by atomic mass is 10.1. The largest absolute Gasteiger partial charge is 0.334 e. The molecule has 4 aromatic rings. The number of H-pyrrole nitrogens is 1. The molecular weight excluding hydrogens is 320 g/mol. The van der Waals surface area contributed by atoms with E-state index in [2.05, 4.69) is 15.2 Å². The van der Waals surface area contributed by atoms with Gasteiger partial charge in [-0.15, -0.1) is 11.3 Å². The molecule has 0 aliphatic carbocycles. The zero-order valence-electron chi connectivity index (χ0n) is 13.4. The van der Waals surface area contributed by atoms with Gasteiger partial charge in [0.2, 0.25) is 0 Å². The van der Waals surface area contributed by atoms with Crippen LogP contribution in [0.3, 0.4) is 0 Å². The summed E-state index contributed by atoms with van der Waals surface area (Å²) in [4.78, 5) is 19.0. The first-order valence-corrected chi connectivity index (χ1v) is 8.48. The maximum absolute atomic E-state index is 12.8. The molecular formula is C18H16N4OS. The number of aromatic amines is 1. The fourth-order valence-electron chi connectivity index (χ4n) is 2.73. The Bertz CT molecular complexity index is 1020. The van der Waals surface area contributed by atoms with Gasteiger partial charge in [0.15, 0.2) is 5.69 Å². The Kier molecular flexibility index (Phi) is 3.54. The van der Waals surface area contributed by atoms with Gasteiger partial charge in [0.05, 0.1) is 22.3 Å². The van der Waals surface area contributed by atoms with E-state index >= 15 is 0 Å². The van der Waals surface area contributed by atoms with Gasteiger partial charge < -0.3 is 4.90 Å². The number of rotatable bonds is 3. The first-order valence-electron chi connectivity index (χ1n) is 7.66. The van der Waals surface area contributed by atoms with Crippen molar-refractivity contribution in [2.45, 2.75) is 13.5 Å². The number of thiazole rings is 1. The molecule has 0 bridgehead atoms. The molecule has 4 rings (SSSR count). The number of aromatic nitrogens is 3. The lowest BCUT2D eigenvalue weighted by Gasteiger charge is -2.14. The summed E-state index contributed by atoms with van der Waals surface area (Å²) in [6.07, 6.45) is 0. The van der Waals surface area contributed by atoms with Crippen LogP contribution >= 0.6 is 11.3 Å². The van der Waals surface area contributed by atoms with Gasteiger partial charge >= 0.3 is 0 Å². The van der Waals surface area contributed by atoms with Crippen LogP contribution in [0.5, 0.6) is 0 Å². The Hall–Kier alpha value is -2.73. The van der Waals surface area contributed by atoms with E-state index in [1.807, 2.05) is 49.4 Å². The van der Waals surface area contributed by atoms with E-state index in [1.54, 1.807) is 23.3 Å². The van der Waals surface area contributed by atoms with E-state index in [0.29, 0.717) is 12.2 Å². The summed E-state index contributed by atoms with van der Waals surface area (Å²) in [5.41, 5.74) is 3.40. The number of hydrogen-bond donors (Lipinski definition) is 1. The molecule has 0 fully saturated rings. The Morgan fingerprint density at radius 2 is 2.08 bits per heavy atom. The van der Waals surface area contributed by atoms with Crippen LogP contribution in [0, 0.1) is 6.92 Å². The molecule has 6 heteroatoms. The fourth-order valence-corrected chi connectivity index (χ4v) is 3.75. The lowest BCUT2D eigenvalue weighted by Crippen LogP contribution is -2.26. The first kappa shape index (κ1) is 14.8. The Balaban J connectivity index is 1.62. The van der Waals surface area contributed by atoms with E-state index in [1.165, 1.54) is 0 Å². The third kappa shape index (κ3) is 2.55. The number of nitrogens with one attached hydrogen (secondary N) is 1. The SMILES string of the molecule is Cc1ccc2[nH]nc(C(=O)N(C)Cc3nc4ccccc4s3)c2c1. The Morgan fingerprint density at radius 1 is 1.25 bits per heavy atom. The second-order valence-corrected chi connectivity index (χ2v) is 6.97. The number of para-hydroxylation sites is 1. The maximum atomic E-state index is 12.8. The van der Waals surface area contributed by atoms with E-state index in [-0.39, 0.29) is 5.91 Å². The predicted molar refractivity (Wildman–Crippen MR) is 96.2 cm³/mol. The topological polar surface area (TPSA) is 61.9 Å². The minimum absolute atomic E-state index is 0.105. The van der Waals surface area contributed by atoms with Crippen molar-refractivity contribution in [2.75, 3.05) is 7.05 Å². The maximum Gasteiger partial charge on any atom is 0.275 e. The summed E-state index contributed by atoms with van der Waals surface area (Å²) in [7, 11) is 1.78. The summed E-state index contributed by atoms with van der Waals surface area (Å²) >= 11 is 1.61. The van der Waals surface area contributed by atoms with Gasteiger partial charge in [-0.25, -0.2) is 4.98 Å². The number of hydrogen-bond acceptors (Lipinski definition) is 4. The van der Waals surface area contributed by atoms with Crippen molar-refractivity contribution in [2.24, 2.45) is 0 Å². The number of carbonyl (C=O) groups excluding carboxylic acids is 1. The molecule has 0 aliphatic rings. The minimum atomic E-state index is -0.105. The van der Waals surface area contributed by atoms with Crippen LogP contribution in [0.15, 0.2) is 42.5 Å². The van der Waals surface area contributed by atoms with Crippen LogP contribution in [0.1, 0.15) is 21.1 Å². The highest BCUT2D eigenvalue weighted by Gasteiger charge is 2.19. The molecule has 0 spiro atoms. The van der Waals surface area contributed by atoms with Crippen molar-refractivity contribution >= 4 is 38.4 Å². The average Bonchev–Trinajstić information content (AvgIpc) is 3.16. The molecule has 0 atom stereocenters. The van der Waals surface area contributed by atoms with Gasteiger partial charge in [0.1, 0.15) is 5.01 Å². The third-order valence-electron chi connectivity index (χ3n) is 3.98. The standard InChI is InChI=1S/C18H16N4OS/c1-11-7-8-13-12(9-11)17(21-20-13)18(23)22(2)10-16-19-14-5-3-4-6-15(14)24-16/h3-9H,10H2,1-2H3,(H,20,21). The number of nitrogens with zero attached hydrogens (tertiary/aromatic N) is 3. The summed E-state index contributed by atoms with van der Waals surface area (Å²) in [6.45, 7) is 2.48. The molecule has 2 aromatic heterocycles. The Morgan fingerprint density at radius 3 is 2.92 bits per heavy atom. The summed E-state index contributed by atoms with van der Waals surface area (Å²) < 4.78 is 1.13. The monoisotopic (exact) mass is 336 g/mol. The summed E-state index contributed by atoms with van der Waals surface area (Å²) in [6, 6.07) is 13.9. The van der Waals surface area contributed by atoms with E-state index in [0.717, 1.165) is 31.7 Å². The molecule has 2 heterocycles. The van der Waals surface area contributed by atoms with E-state index in [4.69, 9.17) is 0 Å². The van der Waals surface area contributed by atoms with Crippen LogP contribution < -0.4 is 0 Å². The molecule has 0 unspecified atom stereocenters. The number of fused-ring (bicyclic) bond motifs is 2. The molecule has 120 valence electrons. The molecule has 1 N–H and O–H groups in total. The average molecular weight is 336 g/mol. The van der Waals surface area contributed by atoms with Gasteiger partial charge in [0, 0.05) is 12.4 Å². The highest BCUT2D eigenvalue weighted by Crippen LogP contribution is 2.24.